The van der Waals surface area contributed by atoms with Gasteiger partial charge in [0, 0.05) is 10.2 Å². The summed E-state index contributed by atoms with van der Waals surface area (Å²) in [4.78, 5) is 11.4. The van der Waals surface area contributed by atoms with Gasteiger partial charge in [0.05, 0.1) is 11.8 Å². The number of nitrogen functional groups attached to an aromatic ring is 1. The van der Waals surface area contributed by atoms with Crippen LogP contribution >= 0.6 is 15.9 Å². The first-order valence-electron chi connectivity index (χ1n) is 3.87. The van der Waals surface area contributed by atoms with Crippen LogP contribution in [-0.4, -0.2) is 20.6 Å². The maximum Gasteiger partial charge on any atom is 0.266 e. The van der Waals surface area contributed by atoms with E-state index in [0.717, 1.165) is 10.7 Å². The molecule has 0 aliphatic rings. The molecule has 0 aliphatic heterocycles. The summed E-state index contributed by atoms with van der Waals surface area (Å²) in [7, 11) is -3.57. The Morgan fingerprint density at radius 1 is 1.47 bits per heavy atom. The van der Waals surface area contributed by atoms with E-state index < -0.39 is 15.9 Å². The fourth-order valence-corrected chi connectivity index (χ4v) is 1.79. The second-order valence-corrected chi connectivity index (χ2v) is 5.60. The SMILES string of the molecule is CS(=O)(=O)NC(=O)c1ccc(Br)cc1N. The highest BCUT2D eigenvalue weighted by molar-refractivity contribution is 9.10. The number of benzene rings is 1. The third-order valence-electron chi connectivity index (χ3n) is 1.54. The fraction of sp³-hybridized carbons (Fsp3) is 0.125. The smallest absolute Gasteiger partial charge is 0.266 e. The number of nitrogens with one attached hydrogen (secondary N) is 1. The van der Waals surface area contributed by atoms with Crippen molar-refractivity contribution in [1.29, 1.82) is 0 Å². The fourth-order valence-electron chi connectivity index (χ4n) is 0.964. The number of halogens is 1. The van der Waals surface area contributed by atoms with Crippen LogP contribution in [0.3, 0.4) is 0 Å². The van der Waals surface area contributed by atoms with E-state index in [4.69, 9.17) is 5.73 Å². The van der Waals surface area contributed by atoms with Crippen molar-refractivity contribution in [2.45, 2.75) is 0 Å². The molecule has 0 aliphatic carbocycles. The molecule has 0 saturated heterocycles. The average molecular weight is 293 g/mol. The minimum Gasteiger partial charge on any atom is -0.398 e. The molecule has 0 saturated carbocycles. The normalized spacial score (nSPS) is 11.1. The molecule has 0 unspecified atom stereocenters. The second kappa shape index (κ2) is 4.19. The number of carbonyl (C=O) groups is 1. The van der Waals surface area contributed by atoms with Crippen molar-refractivity contribution in [2.24, 2.45) is 0 Å². The van der Waals surface area contributed by atoms with Crippen LogP contribution in [0.1, 0.15) is 10.4 Å². The summed E-state index contributed by atoms with van der Waals surface area (Å²) in [5.74, 6) is -0.734. The Morgan fingerprint density at radius 2 is 2.07 bits per heavy atom. The quantitative estimate of drug-likeness (QED) is 0.786. The molecule has 15 heavy (non-hydrogen) atoms. The maximum atomic E-state index is 11.4. The van der Waals surface area contributed by atoms with E-state index in [-0.39, 0.29) is 11.3 Å². The molecule has 0 heterocycles. The van der Waals surface area contributed by atoms with E-state index in [2.05, 4.69) is 15.9 Å². The van der Waals surface area contributed by atoms with Crippen molar-refractivity contribution in [3.8, 4) is 0 Å². The van der Waals surface area contributed by atoms with Gasteiger partial charge in [0.2, 0.25) is 10.0 Å². The molecule has 0 atom stereocenters. The topological polar surface area (TPSA) is 89.3 Å². The van der Waals surface area contributed by atoms with Gasteiger partial charge in [-0.15, -0.1) is 0 Å². The molecule has 0 fully saturated rings. The standard InChI is InChI=1S/C8H9BrN2O3S/c1-15(13,14)11-8(12)6-3-2-5(9)4-7(6)10/h2-4H,10H2,1H3,(H,11,12). The highest BCUT2D eigenvalue weighted by Crippen LogP contribution is 2.18. The van der Waals surface area contributed by atoms with Gasteiger partial charge in [0.1, 0.15) is 0 Å². The van der Waals surface area contributed by atoms with E-state index in [1.807, 2.05) is 4.72 Å². The minimum atomic E-state index is -3.57. The molecule has 1 amide bonds. The molecule has 7 heteroatoms. The lowest BCUT2D eigenvalue weighted by Crippen LogP contribution is -2.29. The van der Waals surface area contributed by atoms with Gasteiger partial charge in [-0.1, -0.05) is 15.9 Å². The summed E-state index contributed by atoms with van der Waals surface area (Å²) in [5, 5.41) is 0. The molecule has 1 aromatic rings. The first-order valence-corrected chi connectivity index (χ1v) is 6.55. The molecule has 0 radical (unpaired) electrons. The molecule has 1 rings (SSSR count). The highest BCUT2D eigenvalue weighted by Gasteiger charge is 2.13. The van der Waals surface area contributed by atoms with Crippen LogP contribution in [0.5, 0.6) is 0 Å². The van der Waals surface area contributed by atoms with Crippen LogP contribution < -0.4 is 10.5 Å². The molecule has 0 spiro atoms. The summed E-state index contributed by atoms with van der Waals surface area (Å²) in [6, 6.07) is 4.57. The summed E-state index contributed by atoms with van der Waals surface area (Å²) in [6.07, 6.45) is 0.903. The predicted octanol–water partition coefficient (Wildman–Crippen LogP) is 0.721. The van der Waals surface area contributed by atoms with Gasteiger partial charge < -0.3 is 5.73 Å². The van der Waals surface area contributed by atoms with Gasteiger partial charge in [-0.2, -0.15) is 0 Å². The van der Waals surface area contributed by atoms with Crippen LogP contribution in [0.15, 0.2) is 22.7 Å². The number of amides is 1. The van der Waals surface area contributed by atoms with Crippen molar-refractivity contribution in [1.82, 2.24) is 4.72 Å². The highest BCUT2D eigenvalue weighted by atomic mass is 79.9. The lowest BCUT2D eigenvalue weighted by molar-refractivity contribution is 0.0982. The number of rotatable bonds is 2. The lowest BCUT2D eigenvalue weighted by Gasteiger charge is -2.05. The van der Waals surface area contributed by atoms with Crippen molar-refractivity contribution >= 4 is 37.5 Å². The Labute approximate surface area is 95.8 Å². The maximum absolute atomic E-state index is 11.4. The van der Waals surface area contributed by atoms with Gasteiger partial charge in [0.15, 0.2) is 0 Å². The van der Waals surface area contributed by atoms with E-state index >= 15 is 0 Å². The number of anilines is 1. The number of nitrogens with two attached hydrogens (primary N) is 1. The Bertz CT molecular complexity index is 499. The number of hydrogen-bond donors (Lipinski definition) is 2. The van der Waals surface area contributed by atoms with Crippen LogP contribution in [0.25, 0.3) is 0 Å². The van der Waals surface area contributed by atoms with Crippen molar-refractivity contribution < 1.29 is 13.2 Å². The van der Waals surface area contributed by atoms with E-state index in [1.54, 1.807) is 6.07 Å². The summed E-state index contributed by atoms with van der Waals surface area (Å²) >= 11 is 3.18. The number of carbonyl (C=O) groups excluding carboxylic acids is 1. The van der Waals surface area contributed by atoms with E-state index in [9.17, 15) is 13.2 Å². The van der Waals surface area contributed by atoms with Gasteiger partial charge >= 0.3 is 0 Å². The molecular weight excluding hydrogens is 284 g/mol. The van der Waals surface area contributed by atoms with Gasteiger partial charge in [-0.3, -0.25) is 4.79 Å². The van der Waals surface area contributed by atoms with Gasteiger partial charge in [-0.25, -0.2) is 13.1 Å². The molecule has 5 nitrogen and oxygen atoms in total. The monoisotopic (exact) mass is 292 g/mol. The number of hydrogen-bond acceptors (Lipinski definition) is 4. The molecule has 82 valence electrons. The van der Waals surface area contributed by atoms with Crippen molar-refractivity contribution in [3.63, 3.8) is 0 Å². The zero-order valence-corrected chi connectivity index (χ0v) is 10.2. The third kappa shape index (κ3) is 3.52. The predicted molar refractivity (Wildman–Crippen MR) is 60.9 cm³/mol. The summed E-state index contributed by atoms with van der Waals surface area (Å²) < 4.78 is 24.2. The Hall–Kier alpha value is -1.08. The van der Waals surface area contributed by atoms with Crippen LogP contribution in [0.2, 0.25) is 0 Å². The number of sulfonamides is 1. The van der Waals surface area contributed by atoms with Crippen molar-refractivity contribution in [3.05, 3.63) is 28.2 Å². The largest absolute Gasteiger partial charge is 0.398 e. The Morgan fingerprint density at radius 3 is 2.53 bits per heavy atom. The van der Waals surface area contributed by atoms with Crippen molar-refractivity contribution in [2.75, 3.05) is 12.0 Å². The Kier molecular flexibility index (Phi) is 3.35. The molecule has 0 aromatic heterocycles. The molecule has 0 bridgehead atoms. The summed E-state index contributed by atoms with van der Waals surface area (Å²) in [6.45, 7) is 0. The Balaban J connectivity index is 3.02. The first kappa shape index (κ1) is 12.0. The van der Waals surface area contributed by atoms with Crippen LogP contribution in [0, 0.1) is 0 Å². The molecule has 3 N–H and O–H groups in total. The third-order valence-corrected chi connectivity index (χ3v) is 2.59. The van der Waals surface area contributed by atoms with Gasteiger partial charge in [0.25, 0.3) is 5.91 Å². The van der Waals surface area contributed by atoms with Crippen LogP contribution in [-0.2, 0) is 10.0 Å². The average Bonchev–Trinajstić information content (AvgIpc) is 1.99. The van der Waals surface area contributed by atoms with Gasteiger partial charge in [-0.05, 0) is 18.2 Å². The van der Waals surface area contributed by atoms with E-state index in [0.29, 0.717) is 0 Å². The molecular formula is C8H9BrN2O3S. The molecule has 1 aromatic carbocycles. The lowest BCUT2D eigenvalue weighted by atomic mass is 10.2. The zero-order valence-electron chi connectivity index (χ0n) is 7.82. The zero-order chi connectivity index (χ0) is 11.6. The minimum absolute atomic E-state index is 0.128. The van der Waals surface area contributed by atoms with E-state index in [1.165, 1.54) is 12.1 Å². The second-order valence-electron chi connectivity index (χ2n) is 2.93. The van der Waals surface area contributed by atoms with Crippen LogP contribution in [0.4, 0.5) is 5.69 Å². The first-order chi connectivity index (χ1) is 6.79. The summed E-state index contributed by atoms with van der Waals surface area (Å²) in [5.41, 5.74) is 5.90.